The van der Waals surface area contributed by atoms with Gasteiger partial charge in [0.05, 0.1) is 6.04 Å². The molecule has 1 amide bonds. The van der Waals surface area contributed by atoms with Crippen LogP contribution in [0.3, 0.4) is 0 Å². The normalized spacial score (nSPS) is 35.3. The highest BCUT2D eigenvalue weighted by Crippen LogP contribution is 2.13. The minimum absolute atomic E-state index is 0.0286. The Balaban J connectivity index is 1.89. The van der Waals surface area contributed by atoms with Crippen molar-refractivity contribution in [3.63, 3.8) is 0 Å². The molecule has 2 atom stereocenters. The first-order valence-electron chi connectivity index (χ1n) is 5.02. The van der Waals surface area contributed by atoms with Crippen LogP contribution in [0.2, 0.25) is 0 Å². The van der Waals surface area contributed by atoms with Gasteiger partial charge in [-0.2, -0.15) is 0 Å². The first kappa shape index (κ1) is 8.97. The Morgan fingerprint density at radius 3 is 2.77 bits per heavy atom. The quantitative estimate of drug-likeness (QED) is 0.518. The van der Waals surface area contributed by atoms with Crippen LogP contribution in [-0.4, -0.2) is 37.6 Å². The van der Waals surface area contributed by atoms with Gasteiger partial charge in [-0.15, -0.1) is 0 Å². The first-order chi connectivity index (χ1) is 6.27. The van der Waals surface area contributed by atoms with E-state index in [0.29, 0.717) is 12.0 Å². The number of carbonyl (C=O) groups is 1. The van der Waals surface area contributed by atoms with E-state index in [1.54, 1.807) is 0 Å². The van der Waals surface area contributed by atoms with Gasteiger partial charge in [-0.25, -0.2) is 0 Å². The lowest BCUT2D eigenvalue weighted by atomic mass is 9.93. The molecule has 0 aliphatic carbocycles. The van der Waals surface area contributed by atoms with Gasteiger partial charge in [0.2, 0.25) is 5.91 Å². The van der Waals surface area contributed by atoms with Gasteiger partial charge in [0, 0.05) is 25.7 Å². The molecule has 2 fully saturated rings. The molecule has 0 saturated carbocycles. The van der Waals surface area contributed by atoms with Crippen LogP contribution in [0.1, 0.15) is 13.3 Å². The zero-order chi connectivity index (χ0) is 9.26. The summed E-state index contributed by atoms with van der Waals surface area (Å²) in [6.45, 7) is 4.97. The van der Waals surface area contributed by atoms with Crippen molar-refractivity contribution >= 4 is 5.91 Å². The van der Waals surface area contributed by atoms with E-state index in [0.717, 1.165) is 26.1 Å². The number of amides is 1. The molecule has 2 rings (SSSR count). The lowest BCUT2D eigenvalue weighted by Gasteiger charge is -2.36. The Morgan fingerprint density at radius 1 is 1.46 bits per heavy atom. The highest BCUT2D eigenvalue weighted by Gasteiger charge is 2.31. The fourth-order valence-corrected chi connectivity index (χ4v) is 1.86. The molecular weight excluding hydrogens is 166 g/mol. The largest absolute Gasteiger partial charge is 0.355 e. The lowest BCUT2D eigenvalue weighted by molar-refractivity contribution is -0.126. The van der Waals surface area contributed by atoms with Gasteiger partial charge < -0.3 is 16.0 Å². The van der Waals surface area contributed by atoms with Gasteiger partial charge in [-0.05, 0) is 12.3 Å². The standard InChI is InChI=1S/C9H17N3O/c1-6-2-3-11-9(13)8(6)12-7-4-10-5-7/h6-8,10,12H,2-5H2,1H3,(H,11,13). The SMILES string of the molecule is CC1CCNC(=O)C1NC1CNC1. The van der Waals surface area contributed by atoms with Crippen molar-refractivity contribution < 1.29 is 4.79 Å². The maximum atomic E-state index is 11.5. The average molecular weight is 183 g/mol. The van der Waals surface area contributed by atoms with Crippen LogP contribution in [0.4, 0.5) is 0 Å². The molecule has 0 radical (unpaired) electrons. The second kappa shape index (κ2) is 3.64. The van der Waals surface area contributed by atoms with E-state index in [1.807, 2.05) is 0 Å². The van der Waals surface area contributed by atoms with Crippen LogP contribution >= 0.6 is 0 Å². The zero-order valence-electron chi connectivity index (χ0n) is 7.97. The molecule has 2 saturated heterocycles. The van der Waals surface area contributed by atoms with Crippen molar-refractivity contribution in [3.05, 3.63) is 0 Å². The second-order valence-electron chi connectivity index (χ2n) is 4.06. The Kier molecular flexibility index (Phi) is 2.51. The zero-order valence-corrected chi connectivity index (χ0v) is 7.97. The molecule has 4 nitrogen and oxygen atoms in total. The van der Waals surface area contributed by atoms with E-state index in [4.69, 9.17) is 0 Å². The maximum Gasteiger partial charge on any atom is 0.237 e. The smallest absolute Gasteiger partial charge is 0.237 e. The van der Waals surface area contributed by atoms with Crippen LogP contribution < -0.4 is 16.0 Å². The Hall–Kier alpha value is -0.610. The molecule has 0 spiro atoms. The predicted octanol–water partition coefficient (Wildman–Crippen LogP) is -0.928. The molecule has 4 heteroatoms. The predicted molar refractivity (Wildman–Crippen MR) is 50.4 cm³/mol. The maximum absolute atomic E-state index is 11.5. The van der Waals surface area contributed by atoms with Gasteiger partial charge in [0.25, 0.3) is 0 Å². The summed E-state index contributed by atoms with van der Waals surface area (Å²) in [7, 11) is 0. The minimum atomic E-state index is 0.0286. The summed E-state index contributed by atoms with van der Waals surface area (Å²) in [5.41, 5.74) is 0. The molecule has 0 aromatic heterocycles. The van der Waals surface area contributed by atoms with E-state index < -0.39 is 0 Å². The molecule has 0 aromatic rings. The van der Waals surface area contributed by atoms with E-state index in [-0.39, 0.29) is 11.9 Å². The van der Waals surface area contributed by atoms with Crippen LogP contribution in [0.5, 0.6) is 0 Å². The molecular formula is C9H17N3O. The van der Waals surface area contributed by atoms with Crippen molar-refractivity contribution in [1.82, 2.24) is 16.0 Å². The number of carbonyl (C=O) groups excluding carboxylic acids is 1. The Bertz CT molecular complexity index is 203. The van der Waals surface area contributed by atoms with Crippen molar-refractivity contribution in [2.45, 2.75) is 25.4 Å². The van der Waals surface area contributed by atoms with E-state index in [9.17, 15) is 4.79 Å². The van der Waals surface area contributed by atoms with Crippen molar-refractivity contribution in [3.8, 4) is 0 Å². The van der Waals surface area contributed by atoms with Gasteiger partial charge in [0.1, 0.15) is 0 Å². The fourth-order valence-electron chi connectivity index (χ4n) is 1.86. The molecule has 74 valence electrons. The van der Waals surface area contributed by atoms with Crippen LogP contribution in [-0.2, 0) is 4.79 Å². The van der Waals surface area contributed by atoms with E-state index >= 15 is 0 Å². The van der Waals surface area contributed by atoms with Gasteiger partial charge in [0.15, 0.2) is 0 Å². The number of rotatable bonds is 2. The summed E-state index contributed by atoms with van der Waals surface area (Å²) in [4.78, 5) is 11.5. The molecule has 2 aliphatic rings. The molecule has 0 aromatic carbocycles. The molecule has 2 unspecified atom stereocenters. The van der Waals surface area contributed by atoms with E-state index in [1.165, 1.54) is 0 Å². The van der Waals surface area contributed by atoms with Crippen molar-refractivity contribution in [1.29, 1.82) is 0 Å². The molecule has 13 heavy (non-hydrogen) atoms. The third-order valence-electron chi connectivity index (χ3n) is 2.95. The molecule has 0 bridgehead atoms. The van der Waals surface area contributed by atoms with Crippen LogP contribution in [0.15, 0.2) is 0 Å². The topological polar surface area (TPSA) is 53.2 Å². The Labute approximate surface area is 78.5 Å². The summed E-state index contributed by atoms with van der Waals surface area (Å²) < 4.78 is 0. The molecule has 3 N–H and O–H groups in total. The highest BCUT2D eigenvalue weighted by atomic mass is 16.2. The Morgan fingerprint density at radius 2 is 2.23 bits per heavy atom. The lowest BCUT2D eigenvalue weighted by Crippen LogP contribution is -2.63. The number of nitrogens with one attached hydrogen (secondary N) is 3. The first-order valence-corrected chi connectivity index (χ1v) is 5.02. The van der Waals surface area contributed by atoms with Gasteiger partial charge in [-0.1, -0.05) is 6.92 Å². The third-order valence-corrected chi connectivity index (χ3v) is 2.95. The number of hydrogen-bond acceptors (Lipinski definition) is 3. The fraction of sp³-hybridized carbons (Fsp3) is 0.889. The summed E-state index contributed by atoms with van der Waals surface area (Å²) in [6, 6.07) is 0.525. The van der Waals surface area contributed by atoms with Crippen LogP contribution in [0.25, 0.3) is 0 Å². The highest BCUT2D eigenvalue weighted by molar-refractivity contribution is 5.82. The van der Waals surface area contributed by atoms with Gasteiger partial charge in [-0.3, -0.25) is 4.79 Å². The average Bonchev–Trinajstić information content (AvgIpc) is 2.00. The van der Waals surface area contributed by atoms with E-state index in [2.05, 4.69) is 22.9 Å². The van der Waals surface area contributed by atoms with Crippen LogP contribution in [0, 0.1) is 5.92 Å². The van der Waals surface area contributed by atoms with Gasteiger partial charge >= 0.3 is 0 Å². The summed E-state index contributed by atoms with van der Waals surface area (Å²) >= 11 is 0. The minimum Gasteiger partial charge on any atom is -0.355 e. The third kappa shape index (κ3) is 1.84. The molecule has 2 aliphatic heterocycles. The summed E-state index contributed by atoms with van der Waals surface area (Å²) in [5, 5.41) is 9.46. The number of piperidine rings is 1. The second-order valence-corrected chi connectivity index (χ2v) is 4.06. The van der Waals surface area contributed by atoms with Crippen molar-refractivity contribution in [2.24, 2.45) is 5.92 Å². The number of hydrogen-bond donors (Lipinski definition) is 3. The van der Waals surface area contributed by atoms with Crippen molar-refractivity contribution in [2.75, 3.05) is 19.6 Å². The summed E-state index contributed by atoms with van der Waals surface area (Å²) in [5.74, 6) is 0.639. The molecule has 2 heterocycles. The monoisotopic (exact) mass is 183 g/mol. The summed E-state index contributed by atoms with van der Waals surface area (Å²) in [6.07, 6.45) is 1.09.